The highest BCUT2D eigenvalue weighted by molar-refractivity contribution is 7.89. The number of thiazole rings is 1. The molecule has 1 aliphatic heterocycles. The van der Waals surface area contributed by atoms with Gasteiger partial charge in [-0.2, -0.15) is 0 Å². The highest BCUT2D eigenvalue weighted by atomic mass is 32.2. The topological polar surface area (TPSA) is 79.4 Å². The largest absolute Gasteiger partial charge is 0.301 e. The van der Waals surface area contributed by atoms with Crippen molar-refractivity contribution < 1.29 is 13.2 Å². The standard InChI is InChI=1S/C22H25N3O3S2/c1-3-30(27,28)25-14-12-22(13-15-25,17-9-5-4-6-10-17)20(26)24-21-23-19-16(2)8-7-11-18(19)29-21/h4-11H,3,12-15H2,1-2H3,(H,23,24,26). The number of rotatable bonds is 5. The highest BCUT2D eigenvalue weighted by Gasteiger charge is 2.45. The zero-order chi connectivity index (χ0) is 21.4. The van der Waals surface area contributed by atoms with Crippen LogP contribution in [0.25, 0.3) is 10.2 Å². The van der Waals surface area contributed by atoms with E-state index in [1.165, 1.54) is 15.6 Å². The third-order valence-electron chi connectivity index (χ3n) is 5.94. The first-order valence-electron chi connectivity index (χ1n) is 10.1. The number of benzene rings is 2. The van der Waals surface area contributed by atoms with Gasteiger partial charge in [0.2, 0.25) is 15.9 Å². The van der Waals surface area contributed by atoms with Crippen molar-refractivity contribution in [2.45, 2.75) is 32.1 Å². The summed E-state index contributed by atoms with van der Waals surface area (Å²) in [5.41, 5.74) is 2.09. The molecular weight excluding hydrogens is 418 g/mol. The molecule has 3 aromatic rings. The predicted molar refractivity (Wildman–Crippen MR) is 121 cm³/mol. The number of carbonyl (C=O) groups excluding carboxylic acids is 1. The van der Waals surface area contributed by atoms with Crippen LogP contribution in [0.5, 0.6) is 0 Å². The van der Waals surface area contributed by atoms with Crippen LogP contribution in [0, 0.1) is 6.92 Å². The van der Waals surface area contributed by atoms with Crippen molar-refractivity contribution in [1.29, 1.82) is 0 Å². The van der Waals surface area contributed by atoms with Gasteiger partial charge in [-0.05, 0) is 43.9 Å². The number of anilines is 1. The van der Waals surface area contributed by atoms with Crippen molar-refractivity contribution in [3.63, 3.8) is 0 Å². The number of hydrogen-bond acceptors (Lipinski definition) is 5. The predicted octanol–water partition coefficient (Wildman–Crippen LogP) is 3.93. The van der Waals surface area contributed by atoms with Crippen molar-refractivity contribution in [3.8, 4) is 0 Å². The molecule has 0 saturated carbocycles. The molecule has 1 saturated heterocycles. The van der Waals surface area contributed by atoms with Gasteiger partial charge < -0.3 is 5.32 Å². The minimum atomic E-state index is -3.27. The Morgan fingerprint density at radius 1 is 1.13 bits per heavy atom. The van der Waals surface area contributed by atoms with Gasteiger partial charge in [-0.3, -0.25) is 4.79 Å². The van der Waals surface area contributed by atoms with E-state index in [-0.39, 0.29) is 11.7 Å². The maximum atomic E-state index is 13.6. The summed E-state index contributed by atoms with van der Waals surface area (Å²) in [6.45, 7) is 4.31. The summed E-state index contributed by atoms with van der Waals surface area (Å²) in [7, 11) is -3.27. The molecule has 4 rings (SSSR count). The van der Waals surface area contributed by atoms with E-state index in [9.17, 15) is 13.2 Å². The Morgan fingerprint density at radius 3 is 2.47 bits per heavy atom. The molecule has 1 amide bonds. The smallest absolute Gasteiger partial charge is 0.236 e. The van der Waals surface area contributed by atoms with Crippen LogP contribution in [-0.4, -0.2) is 42.5 Å². The summed E-state index contributed by atoms with van der Waals surface area (Å²) >= 11 is 1.46. The normalized spacial score (nSPS) is 17.1. The van der Waals surface area contributed by atoms with Gasteiger partial charge >= 0.3 is 0 Å². The Balaban J connectivity index is 1.65. The lowest BCUT2D eigenvalue weighted by atomic mass is 9.72. The quantitative estimate of drug-likeness (QED) is 0.648. The number of para-hydroxylation sites is 1. The van der Waals surface area contributed by atoms with Gasteiger partial charge in [0.15, 0.2) is 5.13 Å². The molecule has 0 aliphatic carbocycles. The SMILES string of the molecule is CCS(=O)(=O)N1CCC(C(=O)Nc2nc3c(C)cccc3s2)(c2ccccc2)CC1. The Morgan fingerprint density at radius 2 is 1.83 bits per heavy atom. The fourth-order valence-corrected chi connectivity index (χ4v) is 6.13. The number of sulfonamides is 1. The van der Waals surface area contributed by atoms with Crippen LogP contribution in [0.4, 0.5) is 5.13 Å². The molecule has 2 heterocycles. The molecule has 158 valence electrons. The molecule has 1 N–H and O–H groups in total. The number of fused-ring (bicyclic) bond motifs is 1. The van der Waals surface area contributed by atoms with E-state index in [1.54, 1.807) is 6.92 Å². The number of amides is 1. The number of nitrogens with one attached hydrogen (secondary N) is 1. The second kappa shape index (κ2) is 8.09. The summed E-state index contributed by atoms with van der Waals surface area (Å²) < 4.78 is 27.2. The van der Waals surface area contributed by atoms with E-state index in [2.05, 4.69) is 10.3 Å². The third-order valence-corrected chi connectivity index (χ3v) is 8.75. The molecule has 1 aromatic heterocycles. The number of aryl methyl sites for hydroxylation is 1. The van der Waals surface area contributed by atoms with Crippen molar-refractivity contribution in [2.24, 2.45) is 0 Å². The van der Waals surface area contributed by atoms with Gasteiger partial charge in [0.1, 0.15) is 0 Å². The van der Waals surface area contributed by atoms with E-state index >= 15 is 0 Å². The van der Waals surface area contributed by atoms with Crippen LogP contribution in [0.15, 0.2) is 48.5 Å². The van der Waals surface area contributed by atoms with Crippen molar-refractivity contribution in [3.05, 3.63) is 59.7 Å². The zero-order valence-electron chi connectivity index (χ0n) is 17.1. The molecular formula is C22H25N3O3S2. The lowest BCUT2D eigenvalue weighted by molar-refractivity contribution is -0.123. The lowest BCUT2D eigenvalue weighted by Gasteiger charge is -2.40. The minimum Gasteiger partial charge on any atom is -0.301 e. The molecule has 6 nitrogen and oxygen atoms in total. The van der Waals surface area contributed by atoms with Crippen molar-refractivity contribution >= 4 is 42.6 Å². The van der Waals surface area contributed by atoms with Crippen LogP contribution >= 0.6 is 11.3 Å². The first-order valence-corrected chi connectivity index (χ1v) is 12.5. The summed E-state index contributed by atoms with van der Waals surface area (Å²) in [5, 5.41) is 3.61. The van der Waals surface area contributed by atoms with Crippen LogP contribution in [-0.2, 0) is 20.2 Å². The fourth-order valence-electron chi connectivity index (χ4n) is 4.09. The summed E-state index contributed by atoms with van der Waals surface area (Å²) in [6.07, 6.45) is 0.873. The van der Waals surface area contributed by atoms with Crippen molar-refractivity contribution in [1.82, 2.24) is 9.29 Å². The molecule has 2 aromatic carbocycles. The van der Waals surface area contributed by atoms with E-state index in [0.717, 1.165) is 21.3 Å². The molecule has 1 aliphatic rings. The fraction of sp³-hybridized carbons (Fsp3) is 0.364. The Bertz CT molecular complexity index is 1160. The Labute approximate surface area is 181 Å². The van der Waals surface area contributed by atoms with Crippen LogP contribution < -0.4 is 5.32 Å². The molecule has 1 fully saturated rings. The number of hydrogen-bond donors (Lipinski definition) is 1. The first-order chi connectivity index (χ1) is 14.4. The molecule has 0 unspecified atom stereocenters. The van der Waals surface area contributed by atoms with E-state index in [1.807, 2.05) is 55.5 Å². The Hall–Kier alpha value is -2.29. The van der Waals surface area contributed by atoms with Gasteiger partial charge in [0.25, 0.3) is 0 Å². The monoisotopic (exact) mass is 443 g/mol. The third kappa shape index (κ3) is 3.75. The molecule has 0 atom stereocenters. The maximum absolute atomic E-state index is 13.6. The van der Waals surface area contributed by atoms with E-state index in [4.69, 9.17) is 0 Å². The van der Waals surface area contributed by atoms with E-state index < -0.39 is 15.4 Å². The molecule has 8 heteroatoms. The Kier molecular flexibility index (Phi) is 5.65. The molecule has 0 radical (unpaired) electrons. The van der Waals surface area contributed by atoms with Crippen LogP contribution in [0.1, 0.15) is 30.9 Å². The average molecular weight is 444 g/mol. The first kappa shape index (κ1) is 21.0. The maximum Gasteiger partial charge on any atom is 0.236 e. The lowest BCUT2D eigenvalue weighted by Crippen LogP contribution is -2.51. The molecule has 30 heavy (non-hydrogen) atoms. The number of nitrogens with zero attached hydrogens (tertiary/aromatic N) is 2. The molecule has 0 spiro atoms. The minimum absolute atomic E-state index is 0.0720. The van der Waals surface area contributed by atoms with Gasteiger partial charge in [-0.25, -0.2) is 17.7 Å². The van der Waals surface area contributed by atoms with Crippen molar-refractivity contribution in [2.75, 3.05) is 24.2 Å². The number of carbonyl (C=O) groups is 1. The van der Waals surface area contributed by atoms with Gasteiger partial charge in [-0.1, -0.05) is 53.8 Å². The summed E-state index contributed by atoms with van der Waals surface area (Å²) in [4.78, 5) is 18.2. The highest BCUT2D eigenvalue weighted by Crippen LogP contribution is 2.38. The second-order valence-electron chi connectivity index (χ2n) is 7.64. The van der Waals surface area contributed by atoms with Gasteiger partial charge in [-0.15, -0.1) is 0 Å². The summed E-state index contributed by atoms with van der Waals surface area (Å²) in [5.74, 6) is -0.0540. The summed E-state index contributed by atoms with van der Waals surface area (Å²) in [6, 6.07) is 15.6. The van der Waals surface area contributed by atoms with Gasteiger partial charge in [0.05, 0.1) is 21.4 Å². The molecule has 0 bridgehead atoms. The number of piperidine rings is 1. The average Bonchev–Trinajstić information content (AvgIpc) is 3.18. The van der Waals surface area contributed by atoms with Crippen LogP contribution in [0.2, 0.25) is 0 Å². The number of aromatic nitrogens is 1. The van der Waals surface area contributed by atoms with Gasteiger partial charge in [0, 0.05) is 13.1 Å². The van der Waals surface area contributed by atoms with Crippen LogP contribution in [0.3, 0.4) is 0 Å². The van der Waals surface area contributed by atoms with E-state index in [0.29, 0.717) is 31.1 Å². The second-order valence-corrected chi connectivity index (χ2v) is 10.9. The zero-order valence-corrected chi connectivity index (χ0v) is 18.7.